The SMILES string of the molecule is C[C@H](CCC(=O)O)NC(=O)N[C@@H](CCCCNC(=O)CCCCCCC(=O)NC(CCCCNC(=O)C(Cc1ccccc1)NC(=O)C(Cc1ccccc1)NC(=S)Nc1ccc(CC2CN(CC(=O)O)CCN(CC(=O)O)CCN2CC(=O)O)cc1)C(=O)O)C(=O)O. The molecular formula is C64H91N11O17S. The van der Waals surface area contributed by atoms with Gasteiger partial charge in [0.05, 0.1) is 19.6 Å². The van der Waals surface area contributed by atoms with Crippen LogP contribution in [0.25, 0.3) is 0 Å². The maximum absolute atomic E-state index is 14.4. The molecule has 4 rings (SSSR count). The quantitative estimate of drug-likeness (QED) is 0.0286. The maximum Gasteiger partial charge on any atom is 0.326 e. The van der Waals surface area contributed by atoms with E-state index in [-0.39, 0.29) is 121 Å². The molecule has 3 aromatic rings. The molecule has 6 atom stereocenters. The van der Waals surface area contributed by atoms with Gasteiger partial charge in [-0.1, -0.05) is 85.6 Å². The smallest absolute Gasteiger partial charge is 0.326 e. The molecule has 1 aliphatic rings. The molecule has 0 radical (unpaired) electrons. The zero-order chi connectivity index (χ0) is 68.1. The van der Waals surface area contributed by atoms with E-state index in [9.17, 15) is 78.3 Å². The Bertz CT molecular complexity index is 2910. The zero-order valence-corrected chi connectivity index (χ0v) is 53.4. The lowest BCUT2D eigenvalue weighted by Crippen LogP contribution is -2.55. The van der Waals surface area contributed by atoms with Crippen molar-refractivity contribution in [3.8, 4) is 0 Å². The number of thiocarbonyl (C=S) groups is 1. The van der Waals surface area contributed by atoms with Crippen molar-refractivity contribution in [3.05, 3.63) is 102 Å². The Kier molecular flexibility index (Phi) is 34.9. The molecule has 1 aliphatic heterocycles. The minimum Gasteiger partial charge on any atom is -0.481 e. The summed E-state index contributed by atoms with van der Waals surface area (Å²) < 4.78 is 0. The topological polar surface area (TPSA) is 415 Å². The van der Waals surface area contributed by atoms with E-state index in [2.05, 4.69) is 42.5 Å². The molecule has 0 aromatic heterocycles. The lowest BCUT2D eigenvalue weighted by atomic mass is 10.0. The minimum atomic E-state index is -1.22. The molecule has 1 saturated heterocycles. The average molecular weight is 1320 g/mol. The summed E-state index contributed by atoms with van der Waals surface area (Å²) in [6.07, 6.45) is 5.08. The van der Waals surface area contributed by atoms with Crippen molar-refractivity contribution in [1.29, 1.82) is 0 Å². The van der Waals surface area contributed by atoms with Gasteiger partial charge in [-0.25, -0.2) is 14.4 Å². The van der Waals surface area contributed by atoms with E-state index in [0.717, 1.165) is 16.7 Å². The first-order chi connectivity index (χ1) is 44.4. The van der Waals surface area contributed by atoms with E-state index in [4.69, 9.17) is 17.3 Å². The van der Waals surface area contributed by atoms with Gasteiger partial charge in [-0.2, -0.15) is 0 Å². The van der Waals surface area contributed by atoms with Crippen LogP contribution in [-0.2, 0) is 67.2 Å². The molecule has 3 aromatic carbocycles. The third kappa shape index (κ3) is 32.9. The van der Waals surface area contributed by atoms with Gasteiger partial charge in [0.25, 0.3) is 0 Å². The van der Waals surface area contributed by atoms with Gasteiger partial charge in [-0.15, -0.1) is 0 Å². The third-order valence-corrected chi connectivity index (χ3v) is 15.6. The number of carbonyl (C=O) groups excluding carboxylic acids is 5. The minimum absolute atomic E-state index is 0.0807. The molecule has 1 fully saturated rings. The Morgan fingerprint density at radius 2 is 0.989 bits per heavy atom. The van der Waals surface area contributed by atoms with Gasteiger partial charge in [-0.3, -0.25) is 53.1 Å². The molecule has 29 heteroatoms. The van der Waals surface area contributed by atoms with Gasteiger partial charge in [0.15, 0.2) is 5.11 Å². The van der Waals surface area contributed by atoms with Gasteiger partial charge >= 0.3 is 41.8 Å². The lowest BCUT2D eigenvalue weighted by molar-refractivity contribution is -0.142. The van der Waals surface area contributed by atoms with E-state index >= 15 is 0 Å². The number of urea groups is 1. The molecule has 4 unspecified atom stereocenters. The summed E-state index contributed by atoms with van der Waals surface area (Å²) in [5.41, 5.74) is 2.93. The van der Waals surface area contributed by atoms with E-state index in [1.807, 2.05) is 72.8 Å². The zero-order valence-electron chi connectivity index (χ0n) is 52.6. The summed E-state index contributed by atoms with van der Waals surface area (Å²) in [6, 6.07) is 19.5. The number of rotatable bonds is 42. The summed E-state index contributed by atoms with van der Waals surface area (Å²) in [5.74, 6) is -8.27. The van der Waals surface area contributed by atoms with Gasteiger partial charge < -0.3 is 73.2 Å². The van der Waals surface area contributed by atoms with Crippen LogP contribution in [0.3, 0.4) is 0 Å². The maximum atomic E-state index is 14.4. The van der Waals surface area contributed by atoms with Crippen molar-refractivity contribution in [1.82, 2.24) is 51.9 Å². The first-order valence-electron chi connectivity index (χ1n) is 31.4. The van der Waals surface area contributed by atoms with Gasteiger partial charge in [0, 0.05) is 95.7 Å². The van der Waals surface area contributed by atoms with Crippen LogP contribution in [-0.4, -0.2) is 218 Å². The Morgan fingerprint density at radius 1 is 0.473 bits per heavy atom. The highest BCUT2D eigenvalue weighted by Gasteiger charge is 2.30. The molecule has 14 N–H and O–H groups in total. The van der Waals surface area contributed by atoms with Crippen LogP contribution in [0.15, 0.2) is 84.9 Å². The fraction of sp³-hybridized carbons (Fsp3) is 0.531. The Hall–Kier alpha value is -8.80. The van der Waals surface area contributed by atoms with Crippen LogP contribution in [0.2, 0.25) is 0 Å². The highest BCUT2D eigenvalue weighted by atomic mass is 32.1. The molecule has 28 nitrogen and oxygen atoms in total. The number of amides is 6. The van der Waals surface area contributed by atoms with E-state index < -0.39 is 95.8 Å². The standard InChI is InChI=1S/C64H91N11O17S/c1-43(24-29-55(78)79)67-63(92)71-50(62(90)91)21-12-14-30-65-53(76)22-10-2-3-11-23-54(77)69-49(61(88)89)20-13-15-31-66-59(86)51(37-44-16-6-4-7-17-44)70-60(87)52(38-45-18-8-5-9-19-45)72-64(93)68-47-27-25-46(26-28-47)36-48-39-74(41-57(82)83)33-32-73(40-56(80)81)34-35-75(48)42-58(84)85/h4-9,16-19,25-28,43,48-52H,2-3,10-15,20-24,29-42H2,1H3,(H,65,76)(H,66,86)(H,69,77)(H,70,87)(H,78,79)(H,80,81)(H,82,83)(H,84,85)(H,88,89)(H,90,91)(H2,67,71,92)(H2,68,72,93)/t43-,48?,49?,50+,51?,52?/m1/s1. The molecule has 0 spiro atoms. The molecule has 93 heavy (non-hydrogen) atoms. The number of nitrogens with zero attached hydrogens (tertiary/aromatic N) is 3. The average Bonchev–Trinajstić information content (AvgIpc) is 1.94. The van der Waals surface area contributed by atoms with E-state index in [1.165, 1.54) is 0 Å². The van der Waals surface area contributed by atoms with Gasteiger partial charge in [-0.05, 0) is 112 Å². The number of carboxylic acids is 6. The van der Waals surface area contributed by atoms with Crippen molar-refractivity contribution < 1.29 is 83.4 Å². The Labute approximate surface area is 546 Å². The number of benzene rings is 3. The largest absolute Gasteiger partial charge is 0.481 e. The van der Waals surface area contributed by atoms with Crippen LogP contribution < -0.4 is 42.5 Å². The second-order valence-corrected chi connectivity index (χ2v) is 23.6. The summed E-state index contributed by atoms with van der Waals surface area (Å²) in [6.45, 7) is 2.40. The van der Waals surface area contributed by atoms with Crippen molar-refractivity contribution in [2.24, 2.45) is 0 Å². The normalized spacial score (nSPS) is 15.3. The second kappa shape index (κ2) is 42.4. The number of hydrogen-bond acceptors (Lipinski definition) is 15. The van der Waals surface area contributed by atoms with E-state index in [0.29, 0.717) is 70.0 Å². The van der Waals surface area contributed by atoms with Crippen molar-refractivity contribution in [2.45, 2.75) is 152 Å². The molecule has 6 amide bonds. The lowest BCUT2D eigenvalue weighted by Gasteiger charge is -2.33. The summed E-state index contributed by atoms with van der Waals surface area (Å²) in [7, 11) is 0. The van der Waals surface area contributed by atoms with Gasteiger partial charge in [0.1, 0.15) is 24.2 Å². The number of nitrogens with one attached hydrogen (secondary N) is 8. The van der Waals surface area contributed by atoms with Gasteiger partial charge in [0.2, 0.25) is 23.6 Å². The van der Waals surface area contributed by atoms with Crippen LogP contribution in [0.5, 0.6) is 0 Å². The number of unbranched alkanes of at least 4 members (excludes halogenated alkanes) is 5. The summed E-state index contributed by atoms with van der Waals surface area (Å²) in [4.78, 5) is 141. The highest BCUT2D eigenvalue weighted by molar-refractivity contribution is 7.80. The Balaban J connectivity index is 1.24. The number of carbonyl (C=O) groups is 11. The molecular weight excluding hydrogens is 1230 g/mol. The van der Waals surface area contributed by atoms with Crippen molar-refractivity contribution in [3.63, 3.8) is 0 Å². The summed E-state index contributed by atoms with van der Waals surface area (Å²) in [5, 5.41) is 79.6. The van der Waals surface area contributed by atoms with Crippen molar-refractivity contribution in [2.75, 3.05) is 70.8 Å². The third-order valence-electron chi connectivity index (χ3n) is 15.4. The second-order valence-electron chi connectivity index (χ2n) is 23.2. The molecule has 0 saturated carbocycles. The number of anilines is 1. The molecule has 510 valence electrons. The predicted molar refractivity (Wildman–Crippen MR) is 347 cm³/mol. The number of aliphatic carboxylic acids is 6. The first-order valence-corrected chi connectivity index (χ1v) is 31.8. The highest BCUT2D eigenvalue weighted by Crippen LogP contribution is 2.18. The van der Waals surface area contributed by atoms with Crippen LogP contribution in [0.4, 0.5) is 10.5 Å². The van der Waals surface area contributed by atoms with Crippen LogP contribution in [0, 0.1) is 0 Å². The molecule has 0 aliphatic carbocycles. The van der Waals surface area contributed by atoms with E-state index in [1.54, 1.807) is 33.8 Å². The molecule has 1 heterocycles. The van der Waals surface area contributed by atoms with Crippen LogP contribution in [0.1, 0.15) is 114 Å². The Morgan fingerprint density at radius 3 is 1.55 bits per heavy atom. The fourth-order valence-electron chi connectivity index (χ4n) is 10.5. The molecule has 0 bridgehead atoms. The summed E-state index contributed by atoms with van der Waals surface area (Å²) >= 11 is 5.75. The monoisotopic (exact) mass is 1320 g/mol. The number of carboxylic acid groups (broad SMARTS) is 6. The van der Waals surface area contributed by atoms with Crippen LogP contribution >= 0.6 is 12.2 Å². The van der Waals surface area contributed by atoms with Crippen molar-refractivity contribution >= 4 is 88.5 Å². The first kappa shape index (κ1) is 76.7. The number of hydrogen-bond donors (Lipinski definition) is 14. The predicted octanol–water partition coefficient (Wildman–Crippen LogP) is 2.89. The fourth-order valence-corrected chi connectivity index (χ4v) is 10.7.